The summed E-state index contributed by atoms with van der Waals surface area (Å²) in [5.74, 6) is 0.751. The molecule has 2 aromatic carbocycles. The minimum Gasteiger partial charge on any atom is -0.497 e. The minimum atomic E-state index is -0.109. The van der Waals surface area contributed by atoms with Crippen LogP contribution in [-0.4, -0.2) is 48.1 Å². The fourth-order valence-corrected chi connectivity index (χ4v) is 3.96. The van der Waals surface area contributed by atoms with Crippen molar-refractivity contribution in [2.75, 3.05) is 38.2 Å². The number of ether oxygens (including phenoxy) is 1. The lowest BCUT2D eigenvalue weighted by Gasteiger charge is -2.22. The summed E-state index contributed by atoms with van der Waals surface area (Å²) in [6.07, 6.45) is 2.80. The number of nitrogens with one attached hydrogen (secondary N) is 2. The van der Waals surface area contributed by atoms with E-state index in [1.165, 1.54) is 5.69 Å². The average Bonchev–Trinajstić information content (AvgIpc) is 2.94. The lowest BCUT2D eigenvalue weighted by atomic mass is 10.1. The molecule has 0 atom stereocenters. The van der Waals surface area contributed by atoms with E-state index in [0.29, 0.717) is 5.39 Å². The van der Waals surface area contributed by atoms with Crippen molar-refractivity contribution >= 4 is 27.5 Å². The van der Waals surface area contributed by atoms with Crippen LogP contribution in [0.5, 0.6) is 5.75 Å². The Hall–Kier alpha value is -3.32. The van der Waals surface area contributed by atoms with Gasteiger partial charge in [-0.3, -0.25) is 14.9 Å². The van der Waals surface area contributed by atoms with E-state index in [0.717, 1.165) is 60.5 Å². The molecule has 0 spiro atoms. The second-order valence-corrected chi connectivity index (χ2v) is 7.29. The summed E-state index contributed by atoms with van der Waals surface area (Å²) in [6, 6.07) is 13.7. The van der Waals surface area contributed by atoms with Gasteiger partial charge in [-0.05, 0) is 55.4 Å². The van der Waals surface area contributed by atoms with Crippen LogP contribution >= 0.6 is 0 Å². The van der Waals surface area contributed by atoms with Crippen LogP contribution < -0.4 is 20.5 Å². The molecule has 0 unspecified atom stereocenters. The van der Waals surface area contributed by atoms with Gasteiger partial charge in [0.25, 0.3) is 5.56 Å². The molecule has 0 saturated carbocycles. The third-order valence-corrected chi connectivity index (χ3v) is 5.55. The van der Waals surface area contributed by atoms with Crippen molar-refractivity contribution in [1.82, 2.24) is 20.1 Å². The van der Waals surface area contributed by atoms with Crippen molar-refractivity contribution in [3.8, 4) is 11.4 Å². The first kappa shape index (κ1) is 17.8. The average molecular weight is 389 g/mol. The number of methoxy groups -OCH3 is 1. The molecule has 1 saturated heterocycles. The van der Waals surface area contributed by atoms with Crippen LogP contribution in [0.2, 0.25) is 0 Å². The van der Waals surface area contributed by atoms with Gasteiger partial charge in [-0.1, -0.05) is 0 Å². The van der Waals surface area contributed by atoms with Crippen LogP contribution in [0, 0.1) is 0 Å². The van der Waals surface area contributed by atoms with Gasteiger partial charge >= 0.3 is 0 Å². The molecule has 0 radical (unpaired) electrons. The summed E-state index contributed by atoms with van der Waals surface area (Å²) in [5.41, 5.74) is 3.51. The summed E-state index contributed by atoms with van der Waals surface area (Å²) in [5, 5.41) is 8.23. The standard InChI is InChI=1S/C22H23N5O2/c1-29-17-6-3-15(4-7-17)27-22(28)19-14-24-20-13-16(5-8-18(20)21(19)25-27)26-11-2-9-23-10-12-26/h3-8,13-14,23,25H,2,9-12H2,1H3. The monoisotopic (exact) mass is 389 g/mol. The van der Waals surface area contributed by atoms with Crippen molar-refractivity contribution in [2.45, 2.75) is 6.42 Å². The highest BCUT2D eigenvalue weighted by Gasteiger charge is 2.14. The maximum atomic E-state index is 12.9. The molecule has 0 aliphatic carbocycles. The predicted molar refractivity (Wildman–Crippen MR) is 115 cm³/mol. The first-order valence-electron chi connectivity index (χ1n) is 9.88. The molecule has 0 amide bonds. The zero-order chi connectivity index (χ0) is 19.8. The van der Waals surface area contributed by atoms with Gasteiger partial charge in [0.2, 0.25) is 0 Å². The SMILES string of the molecule is COc1ccc(-n2[nH]c3c(cnc4cc(N5CCCNCC5)ccc43)c2=O)cc1. The number of rotatable bonds is 3. The van der Waals surface area contributed by atoms with E-state index in [1.54, 1.807) is 18.0 Å². The van der Waals surface area contributed by atoms with E-state index < -0.39 is 0 Å². The van der Waals surface area contributed by atoms with Gasteiger partial charge in [0, 0.05) is 36.9 Å². The van der Waals surface area contributed by atoms with E-state index in [4.69, 9.17) is 4.74 Å². The normalized spacial score (nSPS) is 15.0. The van der Waals surface area contributed by atoms with Gasteiger partial charge in [-0.2, -0.15) is 0 Å². The van der Waals surface area contributed by atoms with Crippen molar-refractivity contribution in [2.24, 2.45) is 0 Å². The minimum absolute atomic E-state index is 0.109. The highest BCUT2D eigenvalue weighted by Crippen LogP contribution is 2.26. The Morgan fingerprint density at radius 2 is 1.83 bits per heavy atom. The number of anilines is 1. The Labute approximate surface area is 167 Å². The maximum Gasteiger partial charge on any atom is 0.280 e. The Kier molecular flexibility index (Phi) is 4.44. The number of benzene rings is 2. The van der Waals surface area contributed by atoms with E-state index >= 15 is 0 Å². The molecule has 3 heterocycles. The van der Waals surface area contributed by atoms with Gasteiger partial charge in [-0.15, -0.1) is 0 Å². The molecule has 2 aromatic heterocycles. The number of fused-ring (bicyclic) bond motifs is 3. The molecule has 1 fully saturated rings. The molecule has 5 rings (SSSR count). The number of pyridine rings is 1. The fourth-order valence-electron chi connectivity index (χ4n) is 3.96. The summed E-state index contributed by atoms with van der Waals surface area (Å²) in [6.45, 7) is 4.06. The number of hydrogen-bond donors (Lipinski definition) is 2. The second kappa shape index (κ2) is 7.25. The second-order valence-electron chi connectivity index (χ2n) is 7.29. The third kappa shape index (κ3) is 3.13. The highest BCUT2D eigenvalue weighted by molar-refractivity contribution is 6.03. The predicted octanol–water partition coefficient (Wildman–Crippen LogP) is 2.68. The molecule has 148 valence electrons. The first-order chi connectivity index (χ1) is 14.2. The van der Waals surface area contributed by atoms with Crippen molar-refractivity contribution in [3.05, 3.63) is 59.0 Å². The quantitative estimate of drug-likeness (QED) is 0.564. The van der Waals surface area contributed by atoms with Crippen LogP contribution in [0.25, 0.3) is 27.5 Å². The summed E-state index contributed by atoms with van der Waals surface area (Å²) in [4.78, 5) is 19.9. The first-order valence-corrected chi connectivity index (χ1v) is 9.88. The zero-order valence-corrected chi connectivity index (χ0v) is 16.3. The number of aromatic amines is 1. The molecular weight excluding hydrogens is 366 g/mol. The smallest absolute Gasteiger partial charge is 0.280 e. The maximum absolute atomic E-state index is 12.9. The molecule has 7 heteroatoms. The molecule has 1 aliphatic rings. The molecule has 29 heavy (non-hydrogen) atoms. The van der Waals surface area contributed by atoms with Gasteiger partial charge in [0.05, 0.1) is 29.2 Å². The number of aromatic nitrogens is 3. The van der Waals surface area contributed by atoms with E-state index in [2.05, 4.69) is 38.5 Å². The zero-order valence-electron chi connectivity index (χ0n) is 16.3. The fraction of sp³-hybridized carbons (Fsp3) is 0.273. The number of hydrogen-bond acceptors (Lipinski definition) is 5. The topological polar surface area (TPSA) is 75.2 Å². The Balaban J connectivity index is 1.59. The Morgan fingerprint density at radius 1 is 1.00 bits per heavy atom. The van der Waals surface area contributed by atoms with Crippen LogP contribution in [0.4, 0.5) is 5.69 Å². The molecular formula is C22H23N5O2. The summed E-state index contributed by atoms with van der Waals surface area (Å²) in [7, 11) is 1.62. The van der Waals surface area contributed by atoms with Gasteiger partial charge in [0.1, 0.15) is 5.75 Å². The van der Waals surface area contributed by atoms with Crippen LogP contribution in [0.1, 0.15) is 6.42 Å². The van der Waals surface area contributed by atoms with Crippen molar-refractivity contribution < 1.29 is 4.74 Å². The lowest BCUT2D eigenvalue weighted by Crippen LogP contribution is -2.27. The Morgan fingerprint density at radius 3 is 2.66 bits per heavy atom. The Bertz CT molecular complexity index is 1220. The van der Waals surface area contributed by atoms with Gasteiger partial charge in [0.15, 0.2) is 0 Å². The van der Waals surface area contributed by atoms with Crippen LogP contribution in [-0.2, 0) is 0 Å². The highest BCUT2D eigenvalue weighted by atomic mass is 16.5. The number of nitrogens with zero attached hydrogens (tertiary/aromatic N) is 3. The van der Waals surface area contributed by atoms with E-state index in [-0.39, 0.29) is 5.56 Å². The molecule has 1 aliphatic heterocycles. The van der Waals surface area contributed by atoms with Crippen LogP contribution in [0.15, 0.2) is 53.5 Å². The summed E-state index contributed by atoms with van der Waals surface area (Å²) < 4.78 is 6.76. The van der Waals surface area contributed by atoms with Crippen molar-refractivity contribution in [1.29, 1.82) is 0 Å². The molecule has 0 bridgehead atoms. The third-order valence-electron chi connectivity index (χ3n) is 5.55. The lowest BCUT2D eigenvalue weighted by molar-refractivity contribution is 0.414. The van der Waals surface area contributed by atoms with Gasteiger partial charge in [-0.25, -0.2) is 4.68 Å². The van der Waals surface area contributed by atoms with Crippen molar-refractivity contribution in [3.63, 3.8) is 0 Å². The molecule has 7 nitrogen and oxygen atoms in total. The van der Waals surface area contributed by atoms with Gasteiger partial charge < -0.3 is 15.0 Å². The summed E-state index contributed by atoms with van der Waals surface area (Å²) >= 11 is 0. The largest absolute Gasteiger partial charge is 0.497 e. The van der Waals surface area contributed by atoms with E-state index in [9.17, 15) is 4.79 Å². The van der Waals surface area contributed by atoms with Crippen LogP contribution in [0.3, 0.4) is 0 Å². The van der Waals surface area contributed by atoms with E-state index in [1.807, 2.05) is 24.3 Å². The number of H-pyrrole nitrogens is 1. The molecule has 4 aromatic rings. The molecule has 2 N–H and O–H groups in total.